The van der Waals surface area contributed by atoms with Crippen molar-refractivity contribution in [3.8, 4) is 0 Å². The second-order valence-corrected chi connectivity index (χ2v) is 7.39. The van der Waals surface area contributed by atoms with Gasteiger partial charge in [0.25, 0.3) is 5.91 Å². The monoisotopic (exact) mass is 341 g/mol. The Bertz CT molecular complexity index is 698. The average Bonchev–Trinajstić information content (AvgIpc) is 3.22. The number of aromatic nitrogens is 1. The van der Waals surface area contributed by atoms with Crippen LogP contribution >= 0.6 is 11.3 Å². The highest BCUT2D eigenvalue weighted by Crippen LogP contribution is 2.22. The fourth-order valence-corrected chi connectivity index (χ4v) is 3.92. The van der Waals surface area contributed by atoms with Crippen molar-refractivity contribution in [3.05, 3.63) is 64.6 Å². The van der Waals surface area contributed by atoms with Crippen LogP contribution in [0, 0.1) is 6.92 Å². The summed E-state index contributed by atoms with van der Waals surface area (Å²) in [5.74, 6) is 0.0760. The molecule has 0 bridgehead atoms. The van der Waals surface area contributed by atoms with Crippen LogP contribution in [-0.2, 0) is 6.54 Å². The molecule has 4 nitrogen and oxygen atoms in total. The molecule has 126 valence electrons. The van der Waals surface area contributed by atoms with Gasteiger partial charge in [-0.15, -0.1) is 17.9 Å². The predicted molar refractivity (Wildman–Crippen MR) is 98.2 cm³/mol. The Balaban J connectivity index is 1.66. The molecule has 24 heavy (non-hydrogen) atoms. The molecule has 0 unspecified atom stereocenters. The molecule has 1 saturated heterocycles. The van der Waals surface area contributed by atoms with Crippen molar-refractivity contribution in [1.82, 2.24) is 14.8 Å². The van der Waals surface area contributed by atoms with Gasteiger partial charge < -0.3 is 4.90 Å². The minimum absolute atomic E-state index is 0.0760. The molecule has 1 fully saturated rings. The zero-order valence-electron chi connectivity index (χ0n) is 14.0. The van der Waals surface area contributed by atoms with Crippen LogP contribution in [0.25, 0.3) is 0 Å². The van der Waals surface area contributed by atoms with Crippen molar-refractivity contribution < 1.29 is 4.79 Å². The van der Waals surface area contributed by atoms with E-state index in [2.05, 4.69) is 40.7 Å². The van der Waals surface area contributed by atoms with E-state index in [0.29, 0.717) is 6.54 Å². The predicted octanol–water partition coefficient (Wildman–Crippen LogP) is 3.35. The van der Waals surface area contributed by atoms with E-state index in [1.807, 2.05) is 24.0 Å². The second-order valence-electron chi connectivity index (χ2n) is 6.15. The Kier molecular flexibility index (Phi) is 5.43. The Hall–Kier alpha value is -1.98. The Morgan fingerprint density at radius 1 is 1.46 bits per heavy atom. The Morgan fingerprint density at radius 2 is 2.25 bits per heavy atom. The number of aryl methyl sites for hydroxylation is 1. The molecule has 0 N–H and O–H groups in total. The number of hydrogen-bond acceptors (Lipinski definition) is 4. The van der Waals surface area contributed by atoms with E-state index in [1.54, 1.807) is 6.20 Å². The molecular weight excluding hydrogens is 318 g/mol. The number of hydrogen-bond donors (Lipinski definition) is 0. The number of thiazole rings is 1. The fourth-order valence-electron chi connectivity index (χ4n) is 3.19. The third kappa shape index (κ3) is 3.91. The summed E-state index contributed by atoms with van der Waals surface area (Å²) in [7, 11) is 0. The van der Waals surface area contributed by atoms with Crippen LogP contribution in [0.3, 0.4) is 0 Å². The SMILES string of the molecule is C=CCN(C(=O)c1cnc(C)s1)[C@@H]1CCN(Cc2ccccc2)C1. The van der Waals surface area contributed by atoms with Crippen molar-refractivity contribution in [2.24, 2.45) is 0 Å². The van der Waals surface area contributed by atoms with Crippen molar-refractivity contribution in [2.75, 3.05) is 19.6 Å². The first kappa shape index (κ1) is 16.9. The average molecular weight is 341 g/mol. The molecule has 5 heteroatoms. The molecule has 0 spiro atoms. The van der Waals surface area contributed by atoms with Crippen molar-refractivity contribution >= 4 is 17.2 Å². The van der Waals surface area contributed by atoms with Gasteiger partial charge in [0.2, 0.25) is 0 Å². The molecule has 2 aromatic rings. The maximum absolute atomic E-state index is 12.8. The first-order chi connectivity index (χ1) is 11.7. The van der Waals surface area contributed by atoms with Crippen LogP contribution in [0.1, 0.15) is 26.7 Å². The van der Waals surface area contributed by atoms with Gasteiger partial charge in [-0.05, 0) is 18.9 Å². The van der Waals surface area contributed by atoms with Gasteiger partial charge >= 0.3 is 0 Å². The summed E-state index contributed by atoms with van der Waals surface area (Å²) in [5.41, 5.74) is 1.32. The lowest BCUT2D eigenvalue weighted by molar-refractivity contribution is 0.0711. The van der Waals surface area contributed by atoms with Gasteiger partial charge in [-0.2, -0.15) is 0 Å². The first-order valence-corrected chi connectivity index (χ1v) is 9.09. The topological polar surface area (TPSA) is 36.4 Å². The van der Waals surface area contributed by atoms with Gasteiger partial charge in [-0.3, -0.25) is 9.69 Å². The fraction of sp³-hybridized carbons (Fsp3) is 0.368. The zero-order valence-corrected chi connectivity index (χ0v) is 14.8. The zero-order chi connectivity index (χ0) is 16.9. The molecule has 1 aliphatic heterocycles. The molecule has 1 amide bonds. The second kappa shape index (κ2) is 7.73. The summed E-state index contributed by atoms with van der Waals surface area (Å²) < 4.78 is 0. The van der Waals surface area contributed by atoms with Crippen LogP contribution in [0.5, 0.6) is 0 Å². The third-order valence-electron chi connectivity index (χ3n) is 4.36. The first-order valence-electron chi connectivity index (χ1n) is 8.28. The minimum atomic E-state index is 0.0760. The highest BCUT2D eigenvalue weighted by molar-refractivity contribution is 7.13. The molecule has 1 aromatic carbocycles. The lowest BCUT2D eigenvalue weighted by atomic mass is 10.2. The van der Waals surface area contributed by atoms with Gasteiger partial charge in [0.15, 0.2) is 0 Å². The number of amides is 1. The largest absolute Gasteiger partial charge is 0.330 e. The number of carbonyl (C=O) groups excluding carboxylic acids is 1. The van der Waals surface area contributed by atoms with Gasteiger partial charge in [0.1, 0.15) is 4.88 Å². The van der Waals surface area contributed by atoms with Gasteiger partial charge in [-0.1, -0.05) is 36.4 Å². The van der Waals surface area contributed by atoms with Gasteiger partial charge in [0, 0.05) is 32.2 Å². The molecule has 0 saturated carbocycles. The lowest BCUT2D eigenvalue weighted by Gasteiger charge is -2.27. The Morgan fingerprint density at radius 3 is 2.92 bits per heavy atom. The minimum Gasteiger partial charge on any atom is -0.330 e. The summed E-state index contributed by atoms with van der Waals surface area (Å²) in [6, 6.07) is 10.7. The summed E-state index contributed by atoms with van der Waals surface area (Å²) in [6.45, 7) is 9.19. The molecule has 0 radical (unpaired) electrons. The third-order valence-corrected chi connectivity index (χ3v) is 5.26. The van der Waals surface area contributed by atoms with Gasteiger partial charge in [-0.25, -0.2) is 4.98 Å². The number of rotatable bonds is 6. The summed E-state index contributed by atoms with van der Waals surface area (Å²) >= 11 is 1.46. The summed E-state index contributed by atoms with van der Waals surface area (Å²) in [6.07, 6.45) is 4.50. The van der Waals surface area contributed by atoms with Gasteiger partial charge in [0.05, 0.1) is 11.2 Å². The number of carbonyl (C=O) groups is 1. The quantitative estimate of drug-likeness (QED) is 0.756. The molecular formula is C19H23N3OS. The molecule has 3 rings (SSSR count). The van der Waals surface area contributed by atoms with E-state index < -0.39 is 0 Å². The smallest absolute Gasteiger partial charge is 0.266 e. The standard InChI is InChI=1S/C19H23N3OS/c1-3-10-22(19(23)18-12-20-15(2)24-18)17-9-11-21(14-17)13-16-7-5-4-6-8-16/h3-8,12,17H,1,9-11,13-14H2,2H3/t17-/m1/s1. The van der Waals surface area contributed by atoms with E-state index in [9.17, 15) is 4.79 Å². The van der Waals surface area contributed by atoms with Crippen LogP contribution in [0.2, 0.25) is 0 Å². The van der Waals surface area contributed by atoms with Crippen molar-refractivity contribution in [2.45, 2.75) is 25.9 Å². The van der Waals surface area contributed by atoms with E-state index >= 15 is 0 Å². The number of nitrogens with zero attached hydrogens (tertiary/aromatic N) is 3. The van der Waals surface area contributed by atoms with Crippen molar-refractivity contribution in [3.63, 3.8) is 0 Å². The van der Waals surface area contributed by atoms with E-state index in [4.69, 9.17) is 0 Å². The molecule has 1 aromatic heterocycles. The lowest BCUT2D eigenvalue weighted by Crippen LogP contribution is -2.41. The molecule has 1 aliphatic rings. The summed E-state index contributed by atoms with van der Waals surface area (Å²) in [4.78, 5) is 22.1. The Labute approximate surface area is 147 Å². The summed E-state index contributed by atoms with van der Waals surface area (Å²) in [5, 5.41) is 0.925. The van der Waals surface area contributed by atoms with E-state index in [1.165, 1.54) is 16.9 Å². The highest BCUT2D eigenvalue weighted by atomic mass is 32.1. The van der Waals surface area contributed by atoms with Crippen LogP contribution < -0.4 is 0 Å². The maximum Gasteiger partial charge on any atom is 0.266 e. The highest BCUT2D eigenvalue weighted by Gasteiger charge is 2.31. The van der Waals surface area contributed by atoms with E-state index in [-0.39, 0.29) is 11.9 Å². The number of benzene rings is 1. The van der Waals surface area contributed by atoms with E-state index in [0.717, 1.165) is 35.9 Å². The van der Waals surface area contributed by atoms with Crippen molar-refractivity contribution in [1.29, 1.82) is 0 Å². The van der Waals surface area contributed by atoms with Crippen LogP contribution in [0.15, 0.2) is 49.2 Å². The maximum atomic E-state index is 12.8. The van der Waals surface area contributed by atoms with Crippen LogP contribution in [0.4, 0.5) is 0 Å². The molecule has 1 atom stereocenters. The van der Waals surface area contributed by atoms with Crippen LogP contribution in [-0.4, -0.2) is 46.4 Å². The molecule has 2 heterocycles. The normalized spacial score (nSPS) is 17.8. The number of likely N-dealkylation sites (tertiary alicyclic amines) is 1. The molecule has 0 aliphatic carbocycles.